The van der Waals surface area contributed by atoms with Crippen molar-refractivity contribution in [1.29, 1.82) is 5.26 Å². The first-order chi connectivity index (χ1) is 8.58. The van der Waals surface area contributed by atoms with E-state index < -0.39 is 5.82 Å². The van der Waals surface area contributed by atoms with Gasteiger partial charge in [0.2, 0.25) is 5.88 Å². The fourth-order valence-electron chi connectivity index (χ4n) is 1.32. The zero-order valence-corrected chi connectivity index (χ0v) is 10.1. The van der Waals surface area contributed by atoms with Crippen LogP contribution in [-0.4, -0.2) is 9.97 Å². The number of ether oxygens (including phenoxy) is 1. The zero-order valence-electron chi connectivity index (χ0n) is 9.32. The summed E-state index contributed by atoms with van der Waals surface area (Å²) in [5, 5.41) is 8.94. The van der Waals surface area contributed by atoms with E-state index in [-0.39, 0.29) is 16.8 Å². The summed E-state index contributed by atoms with van der Waals surface area (Å²) in [4.78, 5) is 7.82. The molecule has 1 aromatic heterocycles. The third kappa shape index (κ3) is 2.73. The van der Waals surface area contributed by atoms with Crippen LogP contribution in [0.5, 0.6) is 11.6 Å². The maximum Gasteiger partial charge on any atom is 0.224 e. The second kappa shape index (κ2) is 4.98. The van der Waals surface area contributed by atoms with Crippen molar-refractivity contribution in [2.45, 2.75) is 6.92 Å². The van der Waals surface area contributed by atoms with Gasteiger partial charge in [-0.2, -0.15) is 10.2 Å². The predicted molar refractivity (Wildman–Crippen MR) is 63.0 cm³/mol. The Bertz CT molecular complexity index is 619. The first kappa shape index (κ1) is 12.3. The molecular weight excluding hydrogens is 257 g/mol. The zero-order chi connectivity index (χ0) is 13.1. The Morgan fingerprint density at radius 3 is 2.78 bits per heavy atom. The molecule has 0 amide bonds. The van der Waals surface area contributed by atoms with Crippen molar-refractivity contribution < 1.29 is 9.13 Å². The lowest BCUT2D eigenvalue weighted by atomic mass is 10.2. The van der Waals surface area contributed by atoms with Crippen molar-refractivity contribution in [3.05, 3.63) is 46.6 Å². The van der Waals surface area contributed by atoms with E-state index in [9.17, 15) is 4.39 Å². The van der Waals surface area contributed by atoms with Crippen LogP contribution in [0.2, 0.25) is 5.15 Å². The summed E-state index contributed by atoms with van der Waals surface area (Å²) < 4.78 is 18.7. The minimum Gasteiger partial charge on any atom is -0.436 e. The van der Waals surface area contributed by atoms with Crippen molar-refractivity contribution in [1.82, 2.24) is 9.97 Å². The maximum atomic E-state index is 13.5. The lowest BCUT2D eigenvalue weighted by Crippen LogP contribution is -1.95. The van der Waals surface area contributed by atoms with Gasteiger partial charge in [-0.25, -0.2) is 9.37 Å². The Morgan fingerprint density at radius 2 is 2.11 bits per heavy atom. The molecular formula is C12H7ClFN3O. The summed E-state index contributed by atoms with van der Waals surface area (Å²) in [6.07, 6.45) is 0. The number of benzene rings is 1. The molecule has 0 aliphatic carbocycles. The first-order valence-corrected chi connectivity index (χ1v) is 5.35. The Morgan fingerprint density at radius 1 is 1.33 bits per heavy atom. The van der Waals surface area contributed by atoms with Gasteiger partial charge in [-0.3, -0.25) is 0 Å². The molecule has 0 bridgehead atoms. The number of aromatic nitrogens is 2. The molecule has 0 atom stereocenters. The first-order valence-electron chi connectivity index (χ1n) is 4.97. The molecule has 90 valence electrons. The van der Waals surface area contributed by atoms with E-state index in [1.807, 2.05) is 6.07 Å². The molecule has 0 aliphatic rings. The number of hydrogen-bond acceptors (Lipinski definition) is 4. The summed E-state index contributed by atoms with van der Waals surface area (Å²) in [7, 11) is 0. The predicted octanol–water partition coefficient (Wildman–Crippen LogP) is 3.24. The molecule has 18 heavy (non-hydrogen) atoms. The van der Waals surface area contributed by atoms with Gasteiger partial charge in [-0.1, -0.05) is 11.6 Å². The van der Waals surface area contributed by atoms with Gasteiger partial charge in [0.1, 0.15) is 11.0 Å². The lowest BCUT2D eigenvalue weighted by molar-refractivity contribution is 0.425. The van der Waals surface area contributed by atoms with Crippen LogP contribution in [0, 0.1) is 24.1 Å². The van der Waals surface area contributed by atoms with E-state index in [2.05, 4.69) is 9.97 Å². The molecule has 0 radical (unpaired) electrons. The highest BCUT2D eigenvalue weighted by molar-refractivity contribution is 6.29. The van der Waals surface area contributed by atoms with Gasteiger partial charge < -0.3 is 4.74 Å². The molecule has 6 heteroatoms. The highest BCUT2D eigenvalue weighted by atomic mass is 35.5. The van der Waals surface area contributed by atoms with E-state index in [0.29, 0.717) is 11.4 Å². The molecule has 0 aliphatic heterocycles. The minimum absolute atomic E-state index is 0.0804. The largest absolute Gasteiger partial charge is 0.436 e. The number of rotatable bonds is 2. The smallest absolute Gasteiger partial charge is 0.224 e. The summed E-state index contributed by atoms with van der Waals surface area (Å²) in [6.45, 7) is 1.64. The number of nitrogens with zero attached hydrogens (tertiary/aromatic N) is 3. The quantitative estimate of drug-likeness (QED) is 0.781. The normalized spacial score (nSPS) is 9.89. The van der Waals surface area contributed by atoms with Crippen LogP contribution in [-0.2, 0) is 0 Å². The molecule has 1 aromatic carbocycles. The number of aryl methyl sites for hydroxylation is 1. The van der Waals surface area contributed by atoms with Gasteiger partial charge in [0.05, 0.1) is 11.6 Å². The van der Waals surface area contributed by atoms with Gasteiger partial charge in [0.25, 0.3) is 0 Å². The highest BCUT2D eigenvalue weighted by Crippen LogP contribution is 2.25. The fourth-order valence-corrected chi connectivity index (χ4v) is 1.54. The average Bonchev–Trinajstić information content (AvgIpc) is 2.30. The van der Waals surface area contributed by atoms with Crippen LogP contribution in [0.4, 0.5) is 4.39 Å². The van der Waals surface area contributed by atoms with Crippen LogP contribution in [0.3, 0.4) is 0 Å². The summed E-state index contributed by atoms with van der Waals surface area (Å²) in [6, 6.07) is 7.08. The minimum atomic E-state index is -0.582. The van der Waals surface area contributed by atoms with Crippen molar-refractivity contribution in [3.8, 4) is 17.7 Å². The number of nitriles is 1. The topological polar surface area (TPSA) is 58.8 Å². The second-order valence-electron chi connectivity index (χ2n) is 3.44. The van der Waals surface area contributed by atoms with E-state index in [0.717, 1.165) is 6.07 Å². The molecule has 0 saturated carbocycles. The van der Waals surface area contributed by atoms with E-state index >= 15 is 0 Å². The average molecular weight is 264 g/mol. The summed E-state index contributed by atoms with van der Waals surface area (Å²) >= 11 is 5.74. The maximum absolute atomic E-state index is 13.5. The third-order valence-electron chi connectivity index (χ3n) is 2.06. The van der Waals surface area contributed by atoms with Gasteiger partial charge in [-0.15, -0.1) is 0 Å². The third-order valence-corrected chi connectivity index (χ3v) is 2.25. The Labute approximate surface area is 108 Å². The van der Waals surface area contributed by atoms with Crippen LogP contribution >= 0.6 is 11.6 Å². The van der Waals surface area contributed by atoms with E-state index in [4.69, 9.17) is 21.6 Å². The van der Waals surface area contributed by atoms with Gasteiger partial charge in [-0.05, 0) is 19.1 Å². The molecule has 2 rings (SSSR count). The molecule has 2 aromatic rings. The molecule has 0 saturated heterocycles. The summed E-state index contributed by atoms with van der Waals surface area (Å²) in [5.41, 5.74) is 0.295. The fraction of sp³-hybridized carbons (Fsp3) is 0.0833. The standard InChI is InChI=1S/C12H7ClFN3O/c1-7-16-11(13)5-12(17-7)18-10-4-8(6-15)2-3-9(10)14/h2-5H,1H3. The van der Waals surface area contributed by atoms with Gasteiger partial charge >= 0.3 is 0 Å². The highest BCUT2D eigenvalue weighted by Gasteiger charge is 2.08. The van der Waals surface area contributed by atoms with Crippen LogP contribution in [0.15, 0.2) is 24.3 Å². The monoisotopic (exact) mass is 263 g/mol. The number of halogens is 2. The van der Waals surface area contributed by atoms with Crippen molar-refractivity contribution in [2.75, 3.05) is 0 Å². The van der Waals surface area contributed by atoms with Crippen LogP contribution in [0.1, 0.15) is 11.4 Å². The van der Waals surface area contributed by atoms with E-state index in [1.165, 1.54) is 18.2 Å². The summed E-state index contributed by atoms with van der Waals surface area (Å²) in [5.74, 6) is -0.125. The van der Waals surface area contributed by atoms with Gasteiger partial charge in [0.15, 0.2) is 11.6 Å². The molecule has 1 heterocycles. The Kier molecular flexibility index (Phi) is 3.40. The molecule has 4 nitrogen and oxygen atoms in total. The lowest BCUT2D eigenvalue weighted by Gasteiger charge is -2.06. The molecule has 0 fully saturated rings. The molecule has 0 unspecified atom stereocenters. The van der Waals surface area contributed by atoms with Gasteiger partial charge in [0, 0.05) is 12.1 Å². The molecule has 0 N–H and O–H groups in total. The van der Waals surface area contributed by atoms with Crippen molar-refractivity contribution in [3.63, 3.8) is 0 Å². The van der Waals surface area contributed by atoms with Crippen LogP contribution in [0.25, 0.3) is 0 Å². The Balaban J connectivity index is 2.36. The van der Waals surface area contributed by atoms with Crippen molar-refractivity contribution in [2.24, 2.45) is 0 Å². The molecule has 0 spiro atoms. The second-order valence-corrected chi connectivity index (χ2v) is 3.82. The van der Waals surface area contributed by atoms with E-state index in [1.54, 1.807) is 6.92 Å². The Hall–Kier alpha value is -2.19. The SMILES string of the molecule is Cc1nc(Cl)cc(Oc2cc(C#N)ccc2F)n1. The van der Waals surface area contributed by atoms with Crippen LogP contribution < -0.4 is 4.74 Å². The number of hydrogen-bond donors (Lipinski definition) is 0. The van der Waals surface area contributed by atoms with Crippen molar-refractivity contribution >= 4 is 11.6 Å².